The van der Waals surface area contributed by atoms with E-state index in [1.165, 1.54) is 6.20 Å². The quantitative estimate of drug-likeness (QED) is 0.751. The molecule has 1 aromatic heterocycles. The summed E-state index contributed by atoms with van der Waals surface area (Å²) in [6.07, 6.45) is 3.02. The zero-order valence-electron chi connectivity index (χ0n) is 6.31. The molecule has 4 nitrogen and oxygen atoms in total. The van der Waals surface area contributed by atoms with Crippen LogP contribution >= 0.6 is 21.4 Å². The van der Waals surface area contributed by atoms with Crippen LogP contribution in [0.25, 0.3) is 0 Å². The smallest absolute Gasteiger partial charge is 0.250 e. The summed E-state index contributed by atoms with van der Waals surface area (Å²) in [6.45, 7) is 0. The second kappa shape index (κ2) is 6.82. The van der Waals surface area contributed by atoms with Gasteiger partial charge in [-0.2, -0.15) is 0 Å². The van der Waals surface area contributed by atoms with Crippen LogP contribution in [0.5, 0.6) is 0 Å². The molecule has 0 aliphatic rings. The third-order valence-corrected chi connectivity index (χ3v) is 0.946. The Morgan fingerprint density at radius 3 is 2.31 bits per heavy atom. The highest BCUT2D eigenvalue weighted by Crippen LogP contribution is 1.91. The molecule has 0 spiro atoms. The predicted octanol–water partition coefficient (Wildman–Crippen LogP) is 1.22. The number of primary amides is 1. The second-order valence-corrected chi connectivity index (χ2v) is 4.31. The van der Waals surface area contributed by atoms with Crippen LogP contribution in [-0.4, -0.2) is 15.1 Å². The van der Waals surface area contributed by atoms with Gasteiger partial charge in [0.05, 0.1) is 5.56 Å². The van der Waals surface area contributed by atoms with Crippen LogP contribution in [0.4, 0.5) is 0 Å². The maximum atomic E-state index is 10.4. The highest BCUT2D eigenvalue weighted by Gasteiger charge is 1.94. The van der Waals surface area contributed by atoms with E-state index in [0.717, 1.165) is 0 Å². The topological polar surface area (TPSA) is 73.1 Å². The number of carbonyl (C=O) groups is 1. The summed E-state index contributed by atoms with van der Waals surface area (Å²) in [5, 5.41) is 0. The van der Waals surface area contributed by atoms with Gasteiger partial charge < -0.3 is 5.73 Å². The lowest BCUT2D eigenvalue weighted by atomic mass is 10.3. The number of nitrogens with two attached hydrogens (primary N) is 1. The third-order valence-electron chi connectivity index (χ3n) is 0.946. The number of hydrogen-bond donors (Lipinski definition) is 1. The van der Waals surface area contributed by atoms with Gasteiger partial charge >= 0.3 is 0 Å². The molecule has 0 aromatic carbocycles. The largest absolute Gasteiger partial charge is 0.366 e. The Balaban J connectivity index is 0.000000310. The van der Waals surface area contributed by atoms with Crippen LogP contribution in [0.2, 0.25) is 0 Å². The predicted molar refractivity (Wildman–Crippen MR) is 52.6 cm³/mol. The molecule has 7 heteroatoms. The summed E-state index contributed by atoms with van der Waals surface area (Å²) in [7, 11) is 7.36. The standard InChI is InChI=1S/C6H6N2O.Cl2OS/c7-6(9)5-2-1-3-8-4-5;1-4(2)3/h1-4H,(H2,7,9);. The molecular weight excluding hydrogens is 235 g/mol. The number of aromatic nitrogens is 1. The molecule has 0 aliphatic carbocycles. The molecule has 2 N–H and O–H groups in total. The number of nitrogens with zero attached hydrogens (tertiary/aromatic N) is 1. The summed E-state index contributed by atoms with van der Waals surface area (Å²) in [6, 6.07) is 3.29. The molecule has 0 aliphatic heterocycles. The average Bonchev–Trinajstić information content (AvgIpc) is 2.05. The number of pyridine rings is 1. The monoisotopic (exact) mass is 240 g/mol. The first-order valence-corrected chi connectivity index (χ1v) is 5.78. The number of carbonyl (C=O) groups excluding carboxylic acids is 1. The van der Waals surface area contributed by atoms with Crippen LogP contribution < -0.4 is 5.73 Å². The molecule has 0 fully saturated rings. The molecule has 0 radical (unpaired) electrons. The Kier molecular flexibility index (Phi) is 6.48. The fourth-order valence-corrected chi connectivity index (χ4v) is 0.509. The maximum absolute atomic E-state index is 10.4. The SMILES string of the molecule is NC(=O)c1cccnc1.O=S(Cl)Cl. The van der Waals surface area contributed by atoms with Crippen molar-refractivity contribution in [1.82, 2.24) is 4.98 Å². The Labute approximate surface area is 86.5 Å². The highest BCUT2D eigenvalue weighted by atomic mass is 36.0. The van der Waals surface area contributed by atoms with Gasteiger partial charge in [-0.1, -0.05) is 0 Å². The van der Waals surface area contributed by atoms with Gasteiger partial charge in [-0.15, -0.1) is 0 Å². The molecule has 0 unspecified atom stereocenters. The molecule has 0 atom stereocenters. The van der Waals surface area contributed by atoms with Gasteiger partial charge in [-0.3, -0.25) is 9.78 Å². The van der Waals surface area contributed by atoms with Gasteiger partial charge in [0, 0.05) is 33.8 Å². The number of rotatable bonds is 1. The van der Waals surface area contributed by atoms with E-state index < -0.39 is 15.1 Å². The van der Waals surface area contributed by atoms with E-state index in [9.17, 15) is 4.79 Å². The van der Waals surface area contributed by atoms with Crippen molar-refractivity contribution >= 4 is 36.5 Å². The molecule has 1 aromatic rings. The van der Waals surface area contributed by atoms with Gasteiger partial charge in [0.15, 0.2) is 0 Å². The second-order valence-electron chi connectivity index (χ2n) is 1.79. The summed E-state index contributed by atoms with van der Waals surface area (Å²) in [5.74, 6) is -0.442. The lowest BCUT2D eigenvalue weighted by Crippen LogP contribution is -2.10. The molecule has 72 valence electrons. The van der Waals surface area contributed by atoms with Crippen molar-refractivity contribution in [2.24, 2.45) is 5.73 Å². The summed E-state index contributed by atoms with van der Waals surface area (Å²) >= 11 is 0. The number of hydrogen-bond acceptors (Lipinski definition) is 3. The Morgan fingerprint density at radius 2 is 2.08 bits per heavy atom. The minimum atomic E-state index is -1.67. The first kappa shape index (κ1) is 12.3. The van der Waals surface area contributed by atoms with Crippen LogP contribution in [0, 0.1) is 0 Å². The van der Waals surface area contributed by atoms with E-state index in [1.54, 1.807) is 18.3 Å². The molecule has 1 amide bonds. The van der Waals surface area contributed by atoms with E-state index in [4.69, 9.17) is 9.94 Å². The summed E-state index contributed by atoms with van der Waals surface area (Å²) < 4.78 is 9.09. The maximum Gasteiger partial charge on any atom is 0.250 e. The summed E-state index contributed by atoms with van der Waals surface area (Å²) in [4.78, 5) is 14.1. The molecule has 1 heterocycles. The van der Waals surface area contributed by atoms with Crippen molar-refractivity contribution in [2.75, 3.05) is 0 Å². The zero-order valence-corrected chi connectivity index (χ0v) is 8.64. The van der Waals surface area contributed by atoms with Crippen molar-refractivity contribution in [1.29, 1.82) is 0 Å². The number of halogens is 2. The zero-order chi connectivity index (χ0) is 10.3. The van der Waals surface area contributed by atoms with Crippen molar-refractivity contribution in [2.45, 2.75) is 0 Å². The van der Waals surface area contributed by atoms with Crippen molar-refractivity contribution in [3.8, 4) is 0 Å². The lowest BCUT2D eigenvalue weighted by Gasteiger charge is -1.88. The van der Waals surface area contributed by atoms with E-state index in [1.807, 2.05) is 0 Å². The van der Waals surface area contributed by atoms with Gasteiger partial charge in [0.1, 0.15) is 0 Å². The van der Waals surface area contributed by atoms with Gasteiger partial charge in [-0.05, 0) is 12.1 Å². The van der Waals surface area contributed by atoms with Crippen molar-refractivity contribution < 1.29 is 9.00 Å². The molecular formula is C6H6Cl2N2O2S. The average molecular weight is 241 g/mol. The molecule has 13 heavy (non-hydrogen) atoms. The fourth-order valence-electron chi connectivity index (χ4n) is 0.509. The Hall–Kier alpha value is -0.650. The molecule has 1 rings (SSSR count). The highest BCUT2D eigenvalue weighted by molar-refractivity contribution is 8.26. The fraction of sp³-hybridized carbons (Fsp3) is 0. The lowest BCUT2D eigenvalue weighted by molar-refractivity contribution is 0.1000. The normalized spacial score (nSPS) is 8.85. The first-order chi connectivity index (χ1) is 6.04. The molecule has 0 bridgehead atoms. The third kappa shape index (κ3) is 7.70. The minimum absolute atomic E-state index is 0.442. The van der Waals surface area contributed by atoms with Crippen LogP contribution in [0.3, 0.4) is 0 Å². The molecule has 0 saturated heterocycles. The van der Waals surface area contributed by atoms with Crippen molar-refractivity contribution in [3.63, 3.8) is 0 Å². The van der Waals surface area contributed by atoms with E-state index in [0.29, 0.717) is 5.56 Å². The minimum Gasteiger partial charge on any atom is -0.366 e. The number of amides is 1. The van der Waals surface area contributed by atoms with Crippen LogP contribution in [0.1, 0.15) is 10.4 Å². The van der Waals surface area contributed by atoms with Crippen LogP contribution in [-0.2, 0) is 9.23 Å². The summed E-state index contributed by atoms with van der Waals surface area (Å²) in [5.41, 5.74) is 5.38. The van der Waals surface area contributed by atoms with E-state index in [-0.39, 0.29) is 0 Å². The van der Waals surface area contributed by atoms with E-state index >= 15 is 0 Å². The van der Waals surface area contributed by atoms with Crippen LogP contribution in [0.15, 0.2) is 24.5 Å². The van der Waals surface area contributed by atoms with Gasteiger partial charge in [0.2, 0.25) is 15.1 Å². The van der Waals surface area contributed by atoms with Gasteiger partial charge in [0.25, 0.3) is 0 Å². The molecule has 0 saturated carbocycles. The Bertz CT molecular complexity index is 290. The van der Waals surface area contributed by atoms with Crippen molar-refractivity contribution in [3.05, 3.63) is 30.1 Å². The first-order valence-electron chi connectivity index (χ1n) is 2.98. The van der Waals surface area contributed by atoms with E-state index in [2.05, 4.69) is 26.3 Å². The Morgan fingerprint density at radius 1 is 1.54 bits per heavy atom. The van der Waals surface area contributed by atoms with Gasteiger partial charge in [-0.25, -0.2) is 4.21 Å².